The Morgan fingerprint density at radius 3 is 2.62 bits per heavy atom. The van der Waals surface area contributed by atoms with Crippen LogP contribution in [-0.4, -0.2) is 42.6 Å². The van der Waals surface area contributed by atoms with Gasteiger partial charge in [-0.2, -0.15) is 5.26 Å². The first-order chi connectivity index (χ1) is 7.79. The lowest BCUT2D eigenvalue weighted by atomic mass is 10.3. The monoisotopic (exact) mass is 236 g/mol. The lowest BCUT2D eigenvalue weighted by Gasteiger charge is -2.34. The molecule has 1 fully saturated rings. The molecule has 2 rings (SSSR count). The van der Waals surface area contributed by atoms with Crippen LogP contribution in [0.15, 0.2) is 18.3 Å². The third-order valence-corrected chi connectivity index (χ3v) is 2.97. The maximum Gasteiger partial charge on any atom is 0.129 e. The van der Waals surface area contributed by atoms with E-state index in [0.29, 0.717) is 11.7 Å². The van der Waals surface area contributed by atoms with Crippen molar-refractivity contribution in [1.29, 1.82) is 5.26 Å². The van der Waals surface area contributed by atoms with E-state index in [1.807, 2.05) is 6.07 Å². The van der Waals surface area contributed by atoms with E-state index in [2.05, 4.69) is 20.9 Å². The highest BCUT2D eigenvalue weighted by Crippen LogP contribution is 2.16. The van der Waals surface area contributed by atoms with Crippen molar-refractivity contribution in [2.45, 2.75) is 0 Å². The largest absolute Gasteiger partial charge is 0.368 e. The molecule has 0 radical (unpaired) electrons. The Morgan fingerprint density at radius 2 is 2.06 bits per heavy atom. The molecule has 2 heterocycles. The van der Waals surface area contributed by atoms with E-state index in [1.54, 1.807) is 12.3 Å². The van der Waals surface area contributed by atoms with Crippen LogP contribution in [0, 0.1) is 11.3 Å². The topological polar surface area (TPSA) is 43.2 Å². The summed E-state index contributed by atoms with van der Waals surface area (Å²) in [5.74, 6) is 0. The van der Waals surface area contributed by atoms with Gasteiger partial charge in [-0.1, -0.05) is 11.6 Å². The molecule has 0 aromatic carbocycles. The average molecular weight is 237 g/mol. The Hall–Kier alpha value is -1.31. The van der Waals surface area contributed by atoms with Gasteiger partial charge in [-0.3, -0.25) is 4.90 Å². The summed E-state index contributed by atoms with van der Waals surface area (Å²) in [6.45, 7) is 4.25. The Labute approximate surface area is 100 Å². The summed E-state index contributed by atoms with van der Waals surface area (Å²) in [5.41, 5.74) is 1.10. The van der Waals surface area contributed by atoms with Crippen molar-refractivity contribution in [1.82, 2.24) is 9.88 Å². The van der Waals surface area contributed by atoms with E-state index >= 15 is 0 Å². The molecule has 16 heavy (non-hydrogen) atoms. The second-order valence-corrected chi connectivity index (χ2v) is 4.15. The van der Waals surface area contributed by atoms with Gasteiger partial charge in [0.25, 0.3) is 0 Å². The highest BCUT2D eigenvalue weighted by atomic mass is 35.5. The number of hydrogen-bond donors (Lipinski definition) is 0. The molecule has 0 bridgehead atoms. The van der Waals surface area contributed by atoms with Gasteiger partial charge in [0.1, 0.15) is 5.15 Å². The van der Waals surface area contributed by atoms with Crippen molar-refractivity contribution < 1.29 is 0 Å². The van der Waals surface area contributed by atoms with Gasteiger partial charge < -0.3 is 4.90 Å². The molecule has 0 amide bonds. The zero-order chi connectivity index (χ0) is 11.4. The van der Waals surface area contributed by atoms with Gasteiger partial charge in [0.05, 0.1) is 24.5 Å². The van der Waals surface area contributed by atoms with Crippen LogP contribution in [0.4, 0.5) is 5.69 Å². The molecule has 1 aromatic rings. The molecule has 0 saturated carbocycles. The van der Waals surface area contributed by atoms with Crippen LogP contribution < -0.4 is 4.90 Å². The molecule has 5 heteroatoms. The second kappa shape index (κ2) is 5.15. The average Bonchev–Trinajstić information content (AvgIpc) is 2.32. The Balaban J connectivity index is 1.94. The summed E-state index contributed by atoms with van der Waals surface area (Å²) in [4.78, 5) is 8.48. The summed E-state index contributed by atoms with van der Waals surface area (Å²) >= 11 is 5.74. The predicted octanol–water partition coefficient (Wildman–Crippen LogP) is 1.38. The summed E-state index contributed by atoms with van der Waals surface area (Å²) in [7, 11) is 0. The minimum absolute atomic E-state index is 0.520. The summed E-state index contributed by atoms with van der Waals surface area (Å²) in [6, 6.07) is 5.96. The SMILES string of the molecule is N#CCN1CCN(c2ccc(Cl)nc2)CC1. The first kappa shape index (κ1) is 11.2. The zero-order valence-corrected chi connectivity index (χ0v) is 9.69. The standard InChI is InChI=1S/C11H13ClN4/c12-11-2-1-10(9-14-11)16-7-5-15(4-3-13)6-8-16/h1-2,9H,4-8H2. The predicted molar refractivity (Wildman–Crippen MR) is 63.5 cm³/mol. The minimum Gasteiger partial charge on any atom is -0.368 e. The van der Waals surface area contributed by atoms with Gasteiger partial charge in [-0.25, -0.2) is 4.98 Å². The molecule has 0 N–H and O–H groups in total. The Kier molecular flexibility index (Phi) is 3.60. The highest BCUT2D eigenvalue weighted by molar-refractivity contribution is 6.29. The van der Waals surface area contributed by atoms with E-state index in [1.165, 1.54) is 0 Å². The first-order valence-electron chi connectivity index (χ1n) is 5.25. The number of rotatable bonds is 2. The molecule has 1 aliphatic rings. The second-order valence-electron chi connectivity index (χ2n) is 3.76. The molecule has 0 aliphatic carbocycles. The van der Waals surface area contributed by atoms with Crippen molar-refractivity contribution in [3.05, 3.63) is 23.5 Å². The van der Waals surface area contributed by atoms with Gasteiger partial charge in [0.15, 0.2) is 0 Å². The third-order valence-electron chi connectivity index (χ3n) is 2.74. The summed E-state index contributed by atoms with van der Waals surface area (Å²) in [5, 5.41) is 9.12. The van der Waals surface area contributed by atoms with E-state index in [9.17, 15) is 0 Å². The molecule has 1 aliphatic heterocycles. The fourth-order valence-corrected chi connectivity index (χ4v) is 1.93. The van der Waals surface area contributed by atoms with Crippen LogP contribution >= 0.6 is 11.6 Å². The van der Waals surface area contributed by atoms with Crippen LogP contribution in [0.5, 0.6) is 0 Å². The van der Waals surface area contributed by atoms with Crippen LogP contribution in [0.1, 0.15) is 0 Å². The number of halogens is 1. The van der Waals surface area contributed by atoms with Gasteiger partial charge in [0.2, 0.25) is 0 Å². The van der Waals surface area contributed by atoms with Gasteiger partial charge in [-0.15, -0.1) is 0 Å². The van der Waals surface area contributed by atoms with Gasteiger partial charge in [0, 0.05) is 26.2 Å². The lowest BCUT2D eigenvalue weighted by molar-refractivity contribution is 0.287. The maximum absolute atomic E-state index is 8.60. The summed E-state index contributed by atoms with van der Waals surface area (Å²) < 4.78 is 0. The van der Waals surface area contributed by atoms with E-state index in [4.69, 9.17) is 16.9 Å². The molecule has 0 atom stereocenters. The first-order valence-corrected chi connectivity index (χ1v) is 5.63. The number of pyridine rings is 1. The molecular formula is C11H13ClN4. The number of hydrogen-bond acceptors (Lipinski definition) is 4. The molecule has 1 saturated heterocycles. The maximum atomic E-state index is 8.60. The van der Waals surface area contributed by atoms with Gasteiger partial charge in [-0.05, 0) is 12.1 Å². The van der Waals surface area contributed by atoms with E-state index < -0.39 is 0 Å². The van der Waals surface area contributed by atoms with Crippen molar-refractivity contribution in [2.75, 3.05) is 37.6 Å². The number of piperazine rings is 1. The van der Waals surface area contributed by atoms with Crippen LogP contribution in [0.3, 0.4) is 0 Å². The minimum atomic E-state index is 0.520. The number of aromatic nitrogens is 1. The van der Waals surface area contributed by atoms with Crippen LogP contribution in [0.2, 0.25) is 5.15 Å². The fourth-order valence-electron chi connectivity index (χ4n) is 1.82. The quantitative estimate of drug-likeness (QED) is 0.575. The Morgan fingerprint density at radius 1 is 1.31 bits per heavy atom. The Bertz CT molecular complexity index is 376. The number of anilines is 1. The third kappa shape index (κ3) is 2.63. The number of nitriles is 1. The normalized spacial score (nSPS) is 17.1. The van der Waals surface area contributed by atoms with Crippen molar-refractivity contribution >= 4 is 17.3 Å². The molecule has 84 valence electrons. The summed E-state index contributed by atoms with van der Waals surface area (Å²) in [6.07, 6.45) is 1.79. The van der Waals surface area contributed by atoms with Crippen LogP contribution in [0.25, 0.3) is 0 Å². The number of nitrogens with zero attached hydrogens (tertiary/aromatic N) is 4. The molecule has 1 aromatic heterocycles. The van der Waals surface area contributed by atoms with E-state index in [0.717, 1.165) is 31.9 Å². The zero-order valence-electron chi connectivity index (χ0n) is 8.93. The molecular weight excluding hydrogens is 224 g/mol. The van der Waals surface area contributed by atoms with Crippen LogP contribution in [-0.2, 0) is 0 Å². The molecule has 4 nitrogen and oxygen atoms in total. The van der Waals surface area contributed by atoms with E-state index in [-0.39, 0.29) is 0 Å². The van der Waals surface area contributed by atoms with Crippen molar-refractivity contribution in [3.8, 4) is 6.07 Å². The highest BCUT2D eigenvalue weighted by Gasteiger charge is 2.16. The molecule has 0 unspecified atom stereocenters. The smallest absolute Gasteiger partial charge is 0.129 e. The fraction of sp³-hybridized carbons (Fsp3) is 0.455. The lowest BCUT2D eigenvalue weighted by Crippen LogP contribution is -2.46. The van der Waals surface area contributed by atoms with Crippen molar-refractivity contribution in [2.24, 2.45) is 0 Å². The van der Waals surface area contributed by atoms with Crippen molar-refractivity contribution in [3.63, 3.8) is 0 Å². The molecule has 0 spiro atoms. The van der Waals surface area contributed by atoms with Gasteiger partial charge >= 0.3 is 0 Å².